The zero-order valence-corrected chi connectivity index (χ0v) is 9.29. The molecule has 86 valence electrons. The van der Waals surface area contributed by atoms with E-state index in [0.717, 1.165) is 6.29 Å². The Morgan fingerprint density at radius 2 is 2.06 bits per heavy atom. The van der Waals surface area contributed by atoms with E-state index in [0.29, 0.717) is 22.9 Å². The molecule has 0 radical (unpaired) electrons. The number of pyridine rings is 1. The molecule has 4 heteroatoms. The quantitative estimate of drug-likeness (QED) is 0.756. The molecule has 0 saturated carbocycles. The Morgan fingerprint density at radius 3 is 2.71 bits per heavy atom. The number of hydrogen-bond donors (Lipinski definition) is 0. The van der Waals surface area contributed by atoms with Gasteiger partial charge in [-0.2, -0.15) is 0 Å². The van der Waals surface area contributed by atoms with Crippen LogP contribution in [0.3, 0.4) is 0 Å². The molecule has 0 unspecified atom stereocenters. The Labute approximate surface area is 98.8 Å². The van der Waals surface area contributed by atoms with Gasteiger partial charge >= 0.3 is 0 Å². The summed E-state index contributed by atoms with van der Waals surface area (Å²) in [7, 11) is 1.52. The fourth-order valence-corrected chi connectivity index (χ4v) is 1.36. The number of rotatable bonds is 4. The van der Waals surface area contributed by atoms with Gasteiger partial charge in [-0.3, -0.25) is 4.79 Å². The van der Waals surface area contributed by atoms with Gasteiger partial charge in [0.2, 0.25) is 5.88 Å². The molecule has 2 aromatic rings. The Morgan fingerprint density at radius 1 is 1.18 bits per heavy atom. The minimum absolute atomic E-state index is 0.477. The van der Waals surface area contributed by atoms with Gasteiger partial charge in [-0.1, -0.05) is 6.07 Å². The van der Waals surface area contributed by atoms with Crippen LogP contribution in [-0.2, 0) is 0 Å². The van der Waals surface area contributed by atoms with Crippen LogP contribution in [0.15, 0.2) is 42.6 Å². The van der Waals surface area contributed by atoms with Crippen molar-refractivity contribution in [1.29, 1.82) is 0 Å². The van der Waals surface area contributed by atoms with Gasteiger partial charge in [0.05, 0.1) is 7.11 Å². The first-order valence-corrected chi connectivity index (χ1v) is 5.05. The molecule has 0 spiro atoms. The zero-order chi connectivity index (χ0) is 12.1. The number of carbonyl (C=O) groups is 1. The molecule has 0 amide bonds. The third-order valence-corrected chi connectivity index (χ3v) is 2.18. The van der Waals surface area contributed by atoms with Crippen LogP contribution in [-0.4, -0.2) is 18.4 Å². The molecule has 2 rings (SSSR count). The summed E-state index contributed by atoms with van der Waals surface area (Å²) in [5.41, 5.74) is 0.537. The predicted molar refractivity (Wildman–Crippen MR) is 62.7 cm³/mol. The number of ether oxygens (including phenoxy) is 2. The van der Waals surface area contributed by atoms with Crippen molar-refractivity contribution in [2.75, 3.05) is 7.11 Å². The lowest BCUT2D eigenvalue weighted by Crippen LogP contribution is -1.93. The van der Waals surface area contributed by atoms with Crippen LogP contribution in [0.5, 0.6) is 17.4 Å². The molecule has 0 fully saturated rings. The van der Waals surface area contributed by atoms with E-state index in [1.54, 1.807) is 36.5 Å². The van der Waals surface area contributed by atoms with Gasteiger partial charge in [0.1, 0.15) is 6.29 Å². The average Bonchev–Trinajstić information content (AvgIpc) is 2.40. The summed E-state index contributed by atoms with van der Waals surface area (Å²) in [6.45, 7) is 0. The predicted octanol–water partition coefficient (Wildman–Crippen LogP) is 2.70. The number of hydrogen-bond acceptors (Lipinski definition) is 4. The van der Waals surface area contributed by atoms with Crippen LogP contribution in [0.4, 0.5) is 0 Å². The van der Waals surface area contributed by atoms with Gasteiger partial charge in [-0.25, -0.2) is 4.98 Å². The van der Waals surface area contributed by atoms with Crippen LogP contribution in [0.25, 0.3) is 0 Å². The summed E-state index contributed by atoms with van der Waals surface area (Å²) in [5.74, 6) is 1.50. The Balaban J connectivity index is 2.29. The molecule has 0 atom stereocenters. The Kier molecular flexibility index (Phi) is 3.35. The van der Waals surface area contributed by atoms with Crippen molar-refractivity contribution in [2.45, 2.75) is 0 Å². The second-order valence-corrected chi connectivity index (χ2v) is 3.30. The zero-order valence-electron chi connectivity index (χ0n) is 9.29. The van der Waals surface area contributed by atoms with Crippen molar-refractivity contribution in [3.05, 3.63) is 48.2 Å². The van der Waals surface area contributed by atoms with Crippen molar-refractivity contribution in [3.63, 3.8) is 0 Å². The minimum atomic E-state index is 0.477. The molecule has 1 heterocycles. The van der Waals surface area contributed by atoms with Crippen LogP contribution in [0.1, 0.15) is 10.4 Å². The maximum Gasteiger partial charge on any atom is 0.219 e. The monoisotopic (exact) mass is 229 g/mol. The summed E-state index contributed by atoms with van der Waals surface area (Å²) in [4.78, 5) is 14.7. The van der Waals surface area contributed by atoms with E-state index in [-0.39, 0.29) is 0 Å². The third kappa shape index (κ3) is 2.60. The summed E-state index contributed by atoms with van der Waals surface area (Å²) < 4.78 is 10.7. The molecule has 4 nitrogen and oxygen atoms in total. The molecule has 0 aliphatic rings. The van der Waals surface area contributed by atoms with Gasteiger partial charge < -0.3 is 9.47 Å². The van der Waals surface area contributed by atoms with Gasteiger partial charge in [-0.15, -0.1) is 0 Å². The van der Waals surface area contributed by atoms with Gasteiger partial charge in [0.25, 0.3) is 0 Å². The highest BCUT2D eigenvalue weighted by Crippen LogP contribution is 2.30. The van der Waals surface area contributed by atoms with E-state index >= 15 is 0 Å². The summed E-state index contributed by atoms with van der Waals surface area (Å²) in [6.07, 6.45) is 2.40. The van der Waals surface area contributed by atoms with E-state index in [9.17, 15) is 4.79 Å². The number of aldehydes is 1. The van der Waals surface area contributed by atoms with E-state index in [1.165, 1.54) is 7.11 Å². The lowest BCUT2D eigenvalue weighted by Gasteiger charge is -2.09. The van der Waals surface area contributed by atoms with Crippen molar-refractivity contribution in [1.82, 2.24) is 4.98 Å². The molecule has 0 aliphatic carbocycles. The number of methoxy groups -OCH3 is 1. The second kappa shape index (κ2) is 5.12. The fraction of sp³-hybridized carbons (Fsp3) is 0.0769. The van der Waals surface area contributed by atoms with Crippen molar-refractivity contribution in [3.8, 4) is 17.4 Å². The molecule has 0 N–H and O–H groups in total. The fourth-order valence-electron chi connectivity index (χ4n) is 1.36. The van der Waals surface area contributed by atoms with Crippen LogP contribution in [0.2, 0.25) is 0 Å². The molecule has 17 heavy (non-hydrogen) atoms. The lowest BCUT2D eigenvalue weighted by atomic mass is 10.2. The Hall–Kier alpha value is -2.36. The number of aromatic nitrogens is 1. The van der Waals surface area contributed by atoms with Gasteiger partial charge in [-0.05, 0) is 24.3 Å². The average molecular weight is 229 g/mol. The van der Waals surface area contributed by atoms with Crippen LogP contribution < -0.4 is 9.47 Å². The maximum absolute atomic E-state index is 10.6. The highest BCUT2D eigenvalue weighted by atomic mass is 16.5. The maximum atomic E-state index is 10.6. The van der Waals surface area contributed by atoms with Gasteiger partial charge in [0.15, 0.2) is 11.5 Å². The smallest absolute Gasteiger partial charge is 0.219 e. The molecular weight excluding hydrogens is 218 g/mol. The first-order valence-electron chi connectivity index (χ1n) is 5.05. The molecule has 1 aromatic heterocycles. The van der Waals surface area contributed by atoms with E-state index in [4.69, 9.17) is 9.47 Å². The van der Waals surface area contributed by atoms with E-state index in [2.05, 4.69) is 4.98 Å². The van der Waals surface area contributed by atoms with E-state index in [1.807, 2.05) is 6.07 Å². The standard InChI is InChI=1S/C13H11NO3/c1-16-12-8-10(9-15)5-6-11(12)17-13-4-2-3-7-14-13/h2-9H,1H3. The highest BCUT2D eigenvalue weighted by Gasteiger charge is 2.06. The van der Waals surface area contributed by atoms with E-state index < -0.39 is 0 Å². The van der Waals surface area contributed by atoms with Crippen LogP contribution >= 0.6 is 0 Å². The first-order chi connectivity index (χ1) is 8.33. The summed E-state index contributed by atoms with van der Waals surface area (Å²) in [5, 5.41) is 0. The third-order valence-electron chi connectivity index (χ3n) is 2.18. The topological polar surface area (TPSA) is 48.4 Å². The van der Waals surface area contributed by atoms with Crippen LogP contribution in [0, 0.1) is 0 Å². The molecule has 0 aliphatic heterocycles. The molecule has 0 saturated heterocycles. The minimum Gasteiger partial charge on any atom is -0.493 e. The summed E-state index contributed by atoms with van der Waals surface area (Å²) >= 11 is 0. The SMILES string of the molecule is COc1cc(C=O)ccc1Oc1ccccn1. The first kappa shape index (κ1) is 11.1. The molecule has 0 bridgehead atoms. The Bertz CT molecular complexity index is 511. The normalized spacial score (nSPS) is 9.71. The molecular formula is C13H11NO3. The van der Waals surface area contributed by atoms with Crippen molar-refractivity contribution in [2.24, 2.45) is 0 Å². The van der Waals surface area contributed by atoms with Gasteiger partial charge in [0, 0.05) is 17.8 Å². The van der Waals surface area contributed by atoms with Crippen molar-refractivity contribution >= 4 is 6.29 Å². The summed E-state index contributed by atoms with van der Waals surface area (Å²) in [6, 6.07) is 10.3. The number of carbonyl (C=O) groups excluding carboxylic acids is 1. The highest BCUT2D eigenvalue weighted by molar-refractivity contribution is 5.76. The number of benzene rings is 1. The largest absolute Gasteiger partial charge is 0.493 e. The molecule has 1 aromatic carbocycles. The van der Waals surface area contributed by atoms with Crippen molar-refractivity contribution < 1.29 is 14.3 Å². The number of nitrogens with zero attached hydrogens (tertiary/aromatic N) is 1. The lowest BCUT2D eigenvalue weighted by molar-refractivity contribution is 0.112. The second-order valence-electron chi connectivity index (χ2n) is 3.30.